The highest BCUT2D eigenvalue weighted by Gasteiger charge is 2.30. The highest BCUT2D eigenvalue weighted by molar-refractivity contribution is 6.12. The molecule has 144 valence electrons. The van der Waals surface area contributed by atoms with Gasteiger partial charge < -0.3 is 10.8 Å². The van der Waals surface area contributed by atoms with Gasteiger partial charge in [-0.3, -0.25) is 9.59 Å². The number of aliphatic hydroxyl groups is 1. The molecule has 0 bridgehead atoms. The van der Waals surface area contributed by atoms with E-state index < -0.39 is 24.0 Å². The summed E-state index contributed by atoms with van der Waals surface area (Å²) >= 11 is 0. The molecule has 0 radical (unpaired) electrons. The summed E-state index contributed by atoms with van der Waals surface area (Å²) in [6, 6.07) is 21.3. The van der Waals surface area contributed by atoms with Gasteiger partial charge in [0.15, 0.2) is 0 Å². The molecule has 0 heterocycles. The summed E-state index contributed by atoms with van der Waals surface area (Å²) in [5.74, 6) is 4.15. The number of hydrogen-bond acceptors (Lipinski definition) is 5. The number of imide groups is 1. The van der Waals surface area contributed by atoms with Gasteiger partial charge in [-0.15, -0.1) is 0 Å². The number of aliphatic hydroxyl groups excluding tert-OH is 1. The molecule has 3 aromatic rings. The molecule has 0 aliphatic carbocycles. The van der Waals surface area contributed by atoms with E-state index in [1.54, 1.807) is 24.3 Å². The Hall–Kier alpha value is -3.06. The van der Waals surface area contributed by atoms with Gasteiger partial charge in [0.25, 0.3) is 11.8 Å². The molecule has 0 saturated heterocycles. The molecule has 2 amide bonds. The van der Waals surface area contributed by atoms with Crippen molar-refractivity contribution in [2.24, 2.45) is 11.6 Å². The number of hydrazine groups is 1. The molecule has 3 rings (SSSR count). The Morgan fingerprint density at radius 2 is 1.57 bits per heavy atom. The molecule has 6 nitrogen and oxygen atoms in total. The minimum absolute atomic E-state index is 0.291. The van der Waals surface area contributed by atoms with Crippen LogP contribution in [0.4, 0.5) is 0 Å². The average Bonchev–Trinajstić information content (AvgIpc) is 2.75. The van der Waals surface area contributed by atoms with Crippen LogP contribution in [0.3, 0.4) is 0 Å². The van der Waals surface area contributed by atoms with E-state index in [1.807, 2.05) is 48.5 Å². The topological polar surface area (TPSA) is 110 Å². The summed E-state index contributed by atoms with van der Waals surface area (Å²) in [6.07, 6.45) is -0.575. The Morgan fingerprint density at radius 1 is 0.929 bits per heavy atom. The van der Waals surface area contributed by atoms with Crippen molar-refractivity contribution in [2.45, 2.75) is 25.0 Å². The summed E-state index contributed by atoms with van der Waals surface area (Å²) in [5, 5.41) is 12.3. The molecular weight excluding hydrogens is 354 g/mol. The third-order valence-corrected chi connectivity index (χ3v) is 4.74. The van der Waals surface area contributed by atoms with E-state index in [-0.39, 0.29) is 0 Å². The van der Waals surface area contributed by atoms with Crippen LogP contribution in [-0.4, -0.2) is 34.1 Å². The van der Waals surface area contributed by atoms with Gasteiger partial charge in [-0.25, -0.2) is 10.9 Å². The maximum atomic E-state index is 12.7. The average molecular weight is 377 g/mol. The molecule has 0 aromatic heterocycles. The van der Waals surface area contributed by atoms with E-state index in [9.17, 15) is 14.7 Å². The number of aryl methyl sites for hydroxylation is 1. The highest BCUT2D eigenvalue weighted by Crippen LogP contribution is 2.20. The predicted molar refractivity (Wildman–Crippen MR) is 108 cm³/mol. The predicted octanol–water partition coefficient (Wildman–Crippen LogP) is 2.00. The van der Waals surface area contributed by atoms with Crippen molar-refractivity contribution >= 4 is 22.6 Å². The second kappa shape index (κ2) is 8.75. The minimum Gasteiger partial charge on any atom is -0.382 e. The summed E-state index contributed by atoms with van der Waals surface area (Å²) in [6.45, 7) is 0. The molecule has 5 N–H and O–H groups in total. The number of benzene rings is 3. The largest absolute Gasteiger partial charge is 0.382 e. The molecule has 0 fully saturated rings. The van der Waals surface area contributed by atoms with Crippen LogP contribution in [-0.2, 0) is 11.2 Å². The van der Waals surface area contributed by atoms with Crippen molar-refractivity contribution in [1.82, 2.24) is 5.01 Å². The quantitative estimate of drug-likeness (QED) is 0.346. The molecule has 6 heteroatoms. The van der Waals surface area contributed by atoms with Crippen LogP contribution in [0.15, 0.2) is 72.8 Å². The first-order chi connectivity index (χ1) is 13.5. The van der Waals surface area contributed by atoms with Gasteiger partial charge in [-0.1, -0.05) is 66.7 Å². The smallest absolute Gasteiger partial charge is 0.275 e. The minimum atomic E-state index is -1.56. The van der Waals surface area contributed by atoms with E-state index in [0.29, 0.717) is 28.8 Å². The molecule has 28 heavy (non-hydrogen) atoms. The van der Waals surface area contributed by atoms with Gasteiger partial charge in [0.2, 0.25) is 0 Å². The summed E-state index contributed by atoms with van der Waals surface area (Å²) in [4.78, 5) is 25.2. The second-order valence-corrected chi connectivity index (χ2v) is 6.67. The van der Waals surface area contributed by atoms with Crippen LogP contribution in [0.1, 0.15) is 22.3 Å². The van der Waals surface area contributed by atoms with E-state index >= 15 is 0 Å². The summed E-state index contributed by atoms with van der Waals surface area (Å²) in [5.41, 5.74) is 7.31. The fraction of sp³-hybridized carbons (Fsp3) is 0.182. The lowest BCUT2D eigenvalue weighted by molar-refractivity contribution is -0.138. The van der Waals surface area contributed by atoms with Gasteiger partial charge >= 0.3 is 0 Å². The maximum Gasteiger partial charge on any atom is 0.275 e. The number of fused-ring (bicyclic) bond motifs is 1. The van der Waals surface area contributed by atoms with Crippen LogP contribution < -0.4 is 11.6 Å². The molecule has 0 aliphatic heterocycles. The van der Waals surface area contributed by atoms with Crippen LogP contribution in [0.2, 0.25) is 0 Å². The zero-order valence-electron chi connectivity index (χ0n) is 15.4. The highest BCUT2D eigenvalue weighted by atomic mass is 16.3. The number of amides is 2. The monoisotopic (exact) mass is 377 g/mol. The van der Waals surface area contributed by atoms with Crippen molar-refractivity contribution < 1.29 is 14.7 Å². The second-order valence-electron chi connectivity index (χ2n) is 6.67. The zero-order valence-corrected chi connectivity index (χ0v) is 15.4. The lowest BCUT2D eigenvalue weighted by atomic mass is 10.0. The van der Waals surface area contributed by atoms with Crippen LogP contribution in [0, 0.1) is 0 Å². The Kier molecular flexibility index (Phi) is 6.16. The van der Waals surface area contributed by atoms with Crippen LogP contribution in [0.5, 0.6) is 0 Å². The lowest BCUT2D eigenvalue weighted by Gasteiger charge is -2.23. The number of rotatable bonds is 6. The van der Waals surface area contributed by atoms with Gasteiger partial charge in [0.05, 0.1) is 0 Å². The molecule has 0 saturated carbocycles. The van der Waals surface area contributed by atoms with E-state index in [2.05, 4.69) is 0 Å². The van der Waals surface area contributed by atoms with Crippen molar-refractivity contribution in [1.29, 1.82) is 0 Å². The number of carbonyl (C=O) groups excluding carboxylic acids is 2. The first-order valence-electron chi connectivity index (χ1n) is 9.07. The van der Waals surface area contributed by atoms with E-state index in [1.165, 1.54) is 0 Å². The normalized spacial score (nSPS) is 13.1. The van der Waals surface area contributed by atoms with Crippen molar-refractivity contribution in [2.75, 3.05) is 0 Å². The molecule has 0 unspecified atom stereocenters. The summed E-state index contributed by atoms with van der Waals surface area (Å²) in [7, 11) is 0. The molecule has 0 spiro atoms. The SMILES string of the molecule is N[C@H](CCc1ccccc1)[C@H](O)C(=O)N(N)C(=O)c1cccc2ccccc12. The first-order valence-corrected chi connectivity index (χ1v) is 9.07. The number of carbonyl (C=O) groups is 2. The zero-order chi connectivity index (χ0) is 20.1. The van der Waals surface area contributed by atoms with Gasteiger partial charge in [0, 0.05) is 11.6 Å². The van der Waals surface area contributed by atoms with Gasteiger partial charge in [-0.2, -0.15) is 0 Å². The maximum absolute atomic E-state index is 12.7. The van der Waals surface area contributed by atoms with Crippen LogP contribution in [0.25, 0.3) is 10.8 Å². The van der Waals surface area contributed by atoms with Gasteiger partial charge in [-0.05, 0) is 35.2 Å². The fourth-order valence-electron chi connectivity index (χ4n) is 3.10. The Labute approximate surface area is 163 Å². The van der Waals surface area contributed by atoms with Crippen LogP contribution >= 0.6 is 0 Å². The standard InChI is InChI=1S/C22H23N3O3/c23-19(14-13-15-7-2-1-3-8-15)20(26)22(28)25(24)21(27)18-12-6-10-16-9-4-5-11-17(16)18/h1-12,19-20,26H,13-14,23-24H2/t19-,20+/m1/s1. The number of nitrogens with zero attached hydrogens (tertiary/aromatic N) is 1. The van der Waals surface area contributed by atoms with E-state index in [4.69, 9.17) is 11.6 Å². The lowest BCUT2D eigenvalue weighted by Crippen LogP contribution is -2.53. The van der Waals surface area contributed by atoms with Crippen molar-refractivity contribution in [3.8, 4) is 0 Å². The van der Waals surface area contributed by atoms with Gasteiger partial charge in [0.1, 0.15) is 6.10 Å². The Morgan fingerprint density at radius 3 is 2.32 bits per heavy atom. The molecule has 3 aromatic carbocycles. The Balaban J connectivity index is 1.69. The fourth-order valence-corrected chi connectivity index (χ4v) is 3.10. The molecular formula is C22H23N3O3. The van der Waals surface area contributed by atoms with E-state index in [0.717, 1.165) is 10.9 Å². The molecule has 0 aliphatic rings. The first kappa shape index (κ1) is 19.7. The van der Waals surface area contributed by atoms with Crippen molar-refractivity contribution in [3.05, 3.63) is 83.9 Å². The Bertz CT molecular complexity index is 970. The van der Waals surface area contributed by atoms with Crippen molar-refractivity contribution in [3.63, 3.8) is 0 Å². The third kappa shape index (κ3) is 4.26. The number of hydrogen-bond donors (Lipinski definition) is 3. The molecule has 2 atom stereocenters. The third-order valence-electron chi connectivity index (χ3n) is 4.74. The summed E-state index contributed by atoms with van der Waals surface area (Å²) < 4.78 is 0. The number of nitrogens with two attached hydrogens (primary N) is 2.